The van der Waals surface area contributed by atoms with Crippen LogP contribution in [0.2, 0.25) is 0 Å². The van der Waals surface area contributed by atoms with Gasteiger partial charge in [-0.05, 0) is 30.7 Å². The number of unbranched alkanes of at least 4 members (excludes halogenated alkanes) is 2. The van der Waals surface area contributed by atoms with E-state index in [4.69, 9.17) is 5.11 Å². The SMILES string of the molecule is [CH2]CCCCNc1ccc(O)cc1. The maximum absolute atomic E-state index is 9.03. The monoisotopic (exact) mass is 178 g/mol. The van der Waals surface area contributed by atoms with Gasteiger partial charge in [-0.25, -0.2) is 0 Å². The molecule has 1 aromatic carbocycles. The van der Waals surface area contributed by atoms with Gasteiger partial charge in [0.1, 0.15) is 5.75 Å². The molecule has 0 aliphatic heterocycles. The lowest BCUT2D eigenvalue weighted by atomic mass is 10.2. The predicted octanol–water partition coefficient (Wildman–Crippen LogP) is 2.81. The molecule has 0 aliphatic carbocycles. The fraction of sp³-hybridized carbons (Fsp3) is 0.364. The average molecular weight is 178 g/mol. The summed E-state index contributed by atoms with van der Waals surface area (Å²) < 4.78 is 0. The highest BCUT2D eigenvalue weighted by atomic mass is 16.3. The lowest BCUT2D eigenvalue weighted by molar-refractivity contribution is 0.475. The molecule has 1 aromatic rings. The Morgan fingerprint density at radius 1 is 1.15 bits per heavy atom. The summed E-state index contributed by atoms with van der Waals surface area (Å²) >= 11 is 0. The zero-order valence-corrected chi connectivity index (χ0v) is 7.79. The first-order valence-electron chi connectivity index (χ1n) is 4.65. The third kappa shape index (κ3) is 3.83. The van der Waals surface area contributed by atoms with E-state index in [0.29, 0.717) is 5.75 Å². The Morgan fingerprint density at radius 3 is 2.46 bits per heavy atom. The Bertz CT molecular complexity index is 230. The fourth-order valence-electron chi connectivity index (χ4n) is 1.11. The summed E-state index contributed by atoms with van der Waals surface area (Å²) in [6.07, 6.45) is 3.30. The number of phenolic OH excluding ortho intramolecular Hbond substituents is 1. The zero-order chi connectivity index (χ0) is 9.52. The molecule has 0 heterocycles. The number of rotatable bonds is 5. The Kier molecular flexibility index (Phi) is 4.16. The van der Waals surface area contributed by atoms with Crippen molar-refractivity contribution in [1.29, 1.82) is 0 Å². The van der Waals surface area contributed by atoms with Gasteiger partial charge in [0.2, 0.25) is 0 Å². The van der Waals surface area contributed by atoms with E-state index in [1.165, 1.54) is 0 Å². The summed E-state index contributed by atoms with van der Waals surface area (Å²) in [5.41, 5.74) is 1.06. The van der Waals surface area contributed by atoms with Crippen LogP contribution in [0.15, 0.2) is 24.3 Å². The van der Waals surface area contributed by atoms with Gasteiger partial charge in [0.05, 0.1) is 0 Å². The molecule has 2 N–H and O–H groups in total. The van der Waals surface area contributed by atoms with Crippen LogP contribution in [0.5, 0.6) is 5.75 Å². The second kappa shape index (κ2) is 5.46. The van der Waals surface area contributed by atoms with E-state index in [9.17, 15) is 0 Å². The van der Waals surface area contributed by atoms with Crippen LogP contribution in [0.1, 0.15) is 19.3 Å². The van der Waals surface area contributed by atoms with Crippen molar-refractivity contribution in [3.05, 3.63) is 31.2 Å². The number of aromatic hydroxyl groups is 1. The molecule has 0 amide bonds. The number of anilines is 1. The third-order valence-corrected chi connectivity index (χ3v) is 1.87. The molecule has 2 nitrogen and oxygen atoms in total. The molecule has 0 saturated carbocycles. The molecule has 2 heteroatoms. The quantitative estimate of drug-likeness (QED) is 0.536. The molecule has 0 aliphatic rings. The molecule has 13 heavy (non-hydrogen) atoms. The van der Waals surface area contributed by atoms with Gasteiger partial charge in [-0.1, -0.05) is 19.8 Å². The Hall–Kier alpha value is -1.18. The fourth-order valence-corrected chi connectivity index (χ4v) is 1.11. The molecule has 0 saturated heterocycles. The van der Waals surface area contributed by atoms with Crippen molar-refractivity contribution in [3.63, 3.8) is 0 Å². The number of hydrogen-bond donors (Lipinski definition) is 2. The molecule has 0 bridgehead atoms. The molecular formula is C11H16NO. The van der Waals surface area contributed by atoms with Gasteiger partial charge in [0.25, 0.3) is 0 Å². The predicted molar refractivity (Wildman–Crippen MR) is 55.8 cm³/mol. The molecule has 1 radical (unpaired) electrons. The topological polar surface area (TPSA) is 32.3 Å². The third-order valence-electron chi connectivity index (χ3n) is 1.87. The van der Waals surface area contributed by atoms with Crippen molar-refractivity contribution in [2.45, 2.75) is 19.3 Å². The van der Waals surface area contributed by atoms with Crippen molar-refractivity contribution < 1.29 is 5.11 Å². The maximum Gasteiger partial charge on any atom is 0.115 e. The molecule has 1 rings (SSSR count). The first-order valence-corrected chi connectivity index (χ1v) is 4.65. The van der Waals surface area contributed by atoms with Crippen molar-refractivity contribution >= 4 is 5.69 Å². The summed E-state index contributed by atoms with van der Waals surface area (Å²) in [7, 11) is 0. The van der Waals surface area contributed by atoms with Gasteiger partial charge >= 0.3 is 0 Å². The molecule has 0 atom stereocenters. The minimum atomic E-state index is 0.309. The van der Waals surface area contributed by atoms with E-state index in [2.05, 4.69) is 12.2 Å². The Labute approximate surface area is 79.6 Å². The van der Waals surface area contributed by atoms with Gasteiger partial charge in [0, 0.05) is 12.2 Å². The van der Waals surface area contributed by atoms with Crippen LogP contribution in [0, 0.1) is 6.92 Å². The van der Waals surface area contributed by atoms with E-state index in [-0.39, 0.29) is 0 Å². The number of phenols is 1. The lowest BCUT2D eigenvalue weighted by Gasteiger charge is -2.05. The molecule has 0 fully saturated rings. The second-order valence-corrected chi connectivity index (χ2v) is 3.03. The highest BCUT2D eigenvalue weighted by Crippen LogP contribution is 2.13. The highest BCUT2D eigenvalue weighted by molar-refractivity contribution is 5.45. The summed E-state index contributed by atoms with van der Waals surface area (Å²) in [5, 5.41) is 12.3. The Balaban J connectivity index is 2.25. The second-order valence-electron chi connectivity index (χ2n) is 3.03. The van der Waals surface area contributed by atoms with Crippen molar-refractivity contribution in [3.8, 4) is 5.75 Å². The van der Waals surface area contributed by atoms with Crippen LogP contribution in [-0.4, -0.2) is 11.7 Å². The van der Waals surface area contributed by atoms with Crippen molar-refractivity contribution in [2.75, 3.05) is 11.9 Å². The van der Waals surface area contributed by atoms with Gasteiger partial charge in [-0.3, -0.25) is 0 Å². The van der Waals surface area contributed by atoms with Crippen LogP contribution in [0.4, 0.5) is 5.69 Å². The van der Waals surface area contributed by atoms with Crippen LogP contribution < -0.4 is 5.32 Å². The highest BCUT2D eigenvalue weighted by Gasteiger charge is 1.91. The van der Waals surface area contributed by atoms with Crippen molar-refractivity contribution in [1.82, 2.24) is 0 Å². The summed E-state index contributed by atoms with van der Waals surface area (Å²) in [6.45, 7) is 4.75. The normalized spacial score (nSPS) is 9.92. The summed E-state index contributed by atoms with van der Waals surface area (Å²) in [5.74, 6) is 0.309. The summed E-state index contributed by atoms with van der Waals surface area (Å²) in [6, 6.07) is 7.12. The molecular weight excluding hydrogens is 162 g/mol. The molecule has 0 aromatic heterocycles. The van der Waals surface area contributed by atoms with E-state index in [0.717, 1.165) is 31.5 Å². The summed E-state index contributed by atoms with van der Waals surface area (Å²) in [4.78, 5) is 0. The van der Waals surface area contributed by atoms with Crippen LogP contribution in [-0.2, 0) is 0 Å². The van der Waals surface area contributed by atoms with E-state index in [1.807, 2.05) is 12.1 Å². The molecule has 0 unspecified atom stereocenters. The van der Waals surface area contributed by atoms with Crippen molar-refractivity contribution in [2.24, 2.45) is 0 Å². The van der Waals surface area contributed by atoms with Crippen LogP contribution in [0.3, 0.4) is 0 Å². The van der Waals surface area contributed by atoms with Gasteiger partial charge < -0.3 is 10.4 Å². The lowest BCUT2D eigenvalue weighted by Crippen LogP contribution is -2.00. The van der Waals surface area contributed by atoms with E-state index in [1.54, 1.807) is 12.1 Å². The Morgan fingerprint density at radius 2 is 1.85 bits per heavy atom. The smallest absolute Gasteiger partial charge is 0.115 e. The van der Waals surface area contributed by atoms with Gasteiger partial charge in [-0.15, -0.1) is 0 Å². The molecule has 0 spiro atoms. The first kappa shape index (κ1) is 9.90. The van der Waals surface area contributed by atoms with Crippen LogP contribution in [0.25, 0.3) is 0 Å². The number of hydrogen-bond acceptors (Lipinski definition) is 2. The van der Waals surface area contributed by atoms with Crippen LogP contribution >= 0.6 is 0 Å². The minimum Gasteiger partial charge on any atom is -0.508 e. The maximum atomic E-state index is 9.03. The first-order chi connectivity index (χ1) is 6.33. The van der Waals surface area contributed by atoms with Gasteiger partial charge in [-0.2, -0.15) is 0 Å². The van der Waals surface area contributed by atoms with E-state index >= 15 is 0 Å². The average Bonchev–Trinajstić information content (AvgIpc) is 2.15. The minimum absolute atomic E-state index is 0.309. The van der Waals surface area contributed by atoms with E-state index < -0.39 is 0 Å². The van der Waals surface area contributed by atoms with Gasteiger partial charge in [0.15, 0.2) is 0 Å². The standard InChI is InChI=1S/C11H16NO/c1-2-3-4-9-12-10-5-7-11(13)8-6-10/h5-8,12-13H,1-4,9H2. The largest absolute Gasteiger partial charge is 0.508 e. The zero-order valence-electron chi connectivity index (χ0n) is 7.79. The molecule has 71 valence electrons. The number of nitrogens with one attached hydrogen (secondary N) is 1. The number of benzene rings is 1.